The summed E-state index contributed by atoms with van der Waals surface area (Å²) in [7, 11) is 0. The average molecular weight is 348 g/mol. The van der Waals surface area contributed by atoms with Gasteiger partial charge in [0, 0.05) is 12.3 Å². The fourth-order valence-electron chi connectivity index (χ4n) is 1.96. The fourth-order valence-corrected chi connectivity index (χ4v) is 2.26. The molecule has 0 atom stereocenters. The normalized spacial score (nSPS) is 10.8. The summed E-state index contributed by atoms with van der Waals surface area (Å²) in [6.45, 7) is 3.20. The minimum atomic E-state index is 0.616. The summed E-state index contributed by atoms with van der Waals surface area (Å²) >= 11 is 3.37. The van der Waals surface area contributed by atoms with Crippen molar-refractivity contribution in [2.75, 3.05) is 11.9 Å². The largest absolute Gasteiger partial charge is 0.478 e. The third kappa shape index (κ3) is 3.13. The van der Waals surface area contributed by atoms with Crippen molar-refractivity contribution < 1.29 is 4.74 Å². The molecule has 0 aliphatic heterocycles. The van der Waals surface area contributed by atoms with Gasteiger partial charge in [-0.3, -0.25) is 4.40 Å². The molecule has 0 amide bonds. The summed E-state index contributed by atoms with van der Waals surface area (Å²) in [6.07, 6.45) is 7.21. The Bertz CT molecular complexity index is 741. The Hall–Kier alpha value is -2.15. The van der Waals surface area contributed by atoms with Crippen LogP contribution in [0.3, 0.4) is 0 Å². The third-order valence-corrected chi connectivity index (χ3v) is 3.35. The number of rotatable bonds is 5. The second-order valence-electron chi connectivity index (χ2n) is 4.36. The Morgan fingerprint density at radius 3 is 2.86 bits per heavy atom. The number of hydrogen-bond donors (Lipinski definition) is 1. The first-order chi connectivity index (χ1) is 10.3. The van der Waals surface area contributed by atoms with Crippen molar-refractivity contribution in [2.45, 2.75) is 13.5 Å². The Balaban J connectivity index is 1.72. The van der Waals surface area contributed by atoms with Gasteiger partial charge in [0.2, 0.25) is 5.88 Å². The van der Waals surface area contributed by atoms with Gasteiger partial charge in [0.15, 0.2) is 5.65 Å². The second kappa shape index (κ2) is 6.09. The van der Waals surface area contributed by atoms with Crippen LogP contribution in [-0.4, -0.2) is 26.0 Å². The molecular weight excluding hydrogens is 334 g/mol. The van der Waals surface area contributed by atoms with E-state index in [9.17, 15) is 0 Å². The highest BCUT2D eigenvalue weighted by Gasteiger charge is 2.04. The van der Waals surface area contributed by atoms with E-state index in [1.807, 2.05) is 35.9 Å². The van der Waals surface area contributed by atoms with Crippen molar-refractivity contribution in [1.29, 1.82) is 0 Å². The highest BCUT2D eigenvalue weighted by atomic mass is 79.9. The van der Waals surface area contributed by atoms with Gasteiger partial charge >= 0.3 is 0 Å². The van der Waals surface area contributed by atoms with E-state index in [-0.39, 0.29) is 0 Å². The molecule has 0 saturated carbocycles. The summed E-state index contributed by atoms with van der Waals surface area (Å²) in [5, 5.41) is 3.31. The Morgan fingerprint density at radius 1 is 1.19 bits per heavy atom. The monoisotopic (exact) mass is 347 g/mol. The van der Waals surface area contributed by atoms with Crippen LogP contribution in [0, 0.1) is 0 Å². The first-order valence-electron chi connectivity index (χ1n) is 6.56. The minimum absolute atomic E-state index is 0.616. The summed E-state index contributed by atoms with van der Waals surface area (Å²) in [5.74, 6) is 0.632. The zero-order valence-electron chi connectivity index (χ0n) is 11.5. The molecule has 0 bridgehead atoms. The van der Waals surface area contributed by atoms with E-state index < -0.39 is 0 Å². The number of nitrogens with one attached hydrogen (secondary N) is 1. The highest BCUT2D eigenvalue weighted by molar-refractivity contribution is 9.10. The second-order valence-corrected chi connectivity index (χ2v) is 5.17. The fraction of sp³-hybridized carbons (Fsp3) is 0.214. The molecule has 0 spiro atoms. The van der Waals surface area contributed by atoms with E-state index in [0.29, 0.717) is 19.0 Å². The number of anilines is 1. The summed E-state index contributed by atoms with van der Waals surface area (Å²) < 4.78 is 8.08. The molecule has 0 unspecified atom stereocenters. The average Bonchev–Trinajstić information content (AvgIpc) is 2.89. The molecule has 0 saturated heterocycles. The molecule has 108 valence electrons. The van der Waals surface area contributed by atoms with Gasteiger partial charge in [-0.1, -0.05) is 0 Å². The Labute approximate surface area is 130 Å². The van der Waals surface area contributed by atoms with Gasteiger partial charge in [-0.2, -0.15) is 0 Å². The van der Waals surface area contributed by atoms with Gasteiger partial charge in [-0.05, 0) is 28.9 Å². The number of pyridine rings is 1. The maximum atomic E-state index is 5.32. The first-order valence-corrected chi connectivity index (χ1v) is 7.36. The summed E-state index contributed by atoms with van der Waals surface area (Å²) in [4.78, 5) is 12.7. The summed E-state index contributed by atoms with van der Waals surface area (Å²) in [6, 6.07) is 3.79. The van der Waals surface area contributed by atoms with Gasteiger partial charge in [0.25, 0.3) is 0 Å². The van der Waals surface area contributed by atoms with Crippen LogP contribution in [0.25, 0.3) is 5.65 Å². The van der Waals surface area contributed by atoms with Gasteiger partial charge in [-0.15, -0.1) is 0 Å². The van der Waals surface area contributed by atoms with Gasteiger partial charge in [0.05, 0.1) is 43.1 Å². The van der Waals surface area contributed by atoms with Crippen molar-refractivity contribution in [2.24, 2.45) is 0 Å². The minimum Gasteiger partial charge on any atom is -0.478 e. The van der Waals surface area contributed by atoms with Crippen LogP contribution in [0.1, 0.15) is 12.6 Å². The number of halogens is 1. The van der Waals surface area contributed by atoms with Crippen LogP contribution in [0.5, 0.6) is 5.88 Å². The van der Waals surface area contributed by atoms with Crippen molar-refractivity contribution in [1.82, 2.24) is 19.4 Å². The lowest BCUT2D eigenvalue weighted by atomic mass is 10.4. The van der Waals surface area contributed by atoms with Gasteiger partial charge < -0.3 is 10.1 Å². The smallest absolute Gasteiger partial charge is 0.213 e. The third-order valence-electron chi connectivity index (χ3n) is 2.94. The molecule has 3 aromatic heterocycles. The molecule has 6 nitrogen and oxygen atoms in total. The molecule has 0 aliphatic rings. The van der Waals surface area contributed by atoms with Crippen molar-refractivity contribution in [3.8, 4) is 5.88 Å². The lowest BCUT2D eigenvalue weighted by Crippen LogP contribution is -2.03. The molecule has 0 aliphatic carbocycles. The molecule has 0 fully saturated rings. The van der Waals surface area contributed by atoms with E-state index in [1.165, 1.54) is 0 Å². The van der Waals surface area contributed by atoms with Crippen LogP contribution >= 0.6 is 15.9 Å². The van der Waals surface area contributed by atoms with Gasteiger partial charge in [0.1, 0.15) is 4.60 Å². The molecule has 7 heteroatoms. The molecular formula is C14H14BrN5O. The van der Waals surface area contributed by atoms with Crippen LogP contribution < -0.4 is 10.1 Å². The zero-order valence-corrected chi connectivity index (χ0v) is 13.0. The molecule has 0 aromatic carbocycles. The Morgan fingerprint density at radius 2 is 2.10 bits per heavy atom. The molecule has 21 heavy (non-hydrogen) atoms. The lowest BCUT2D eigenvalue weighted by Gasteiger charge is -2.07. The molecule has 1 N–H and O–H groups in total. The highest BCUT2D eigenvalue weighted by Crippen LogP contribution is 2.14. The van der Waals surface area contributed by atoms with E-state index in [2.05, 4.69) is 36.2 Å². The van der Waals surface area contributed by atoms with Crippen molar-refractivity contribution in [3.05, 3.63) is 47.2 Å². The van der Waals surface area contributed by atoms with Crippen LogP contribution in [0.2, 0.25) is 0 Å². The van der Waals surface area contributed by atoms with E-state index in [1.54, 1.807) is 12.4 Å². The number of imidazole rings is 1. The standard InChI is InChI=1S/C14H14BrN5O/c1-2-21-14-4-3-10(5-19-14)16-6-11-7-18-13-8-17-12(15)9-20(11)13/h3-5,7-9,16H,2,6H2,1H3. The summed E-state index contributed by atoms with van der Waals surface area (Å²) in [5.41, 5.74) is 2.79. The molecule has 0 radical (unpaired) electrons. The molecule has 3 aromatic rings. The van der Waals surface area contributed by atoms with Crippen LogP contribution in [0.4, 0.5) is 5.69 Å². The topological polar surface area (TPSA) is 64.3 Å². The van der Waals surface area contributed by atoms with Crippen molar-refractivity contribution >= 4 is 27.3 Å². The van der Waals surface area contributed by atoms with Crippen molar-refractivity contribution in [3.63, 3.8) is 0 Å². The number of fused-ring (bicyclic) bond motifs is 1. The Kier molecular flexibility index (Phi) is 4.01. The van der Waals surface area contributed by atoms with Crippen LogP contribution in [-0.2, 0) is 6.54 Å². The number of nitrogens with zero attached hydrogens (tertiary/aromatic N) is 4. The van der Waals surface area contributed by atoms with Gasteiger partial charge in [-0.25, -0.2) is 15.0 Å². The zero-order chi connectivity index (χ0) is 14.7. The maximum Gasteiger partial charge on any atom is 0.213 e. The first kappa shape index (κ1) is 13.8. The number of aromatic nitrogens is 4. The quantitative estimate of drug-likeness (QED) is 0.768. The number of ether oxygens (including phenoxy) is 1. The SMILES string of the molecule is CCOc1ccc(NCc2cnc3cnc(Br)cn23)cn1. The lowest BCUT2D eigenvalue weighted by molar-refractivity contribution is 0.327. The van der Waals surface area contributed by atoms with Crippen LogP contribution in [0.15, 0.2) is 41.5 Å². The van der Waals surface area contributed by atoms with E-state index >= 15 is 0 Å². The van der Waals surface area contributed by atoms with E-state index in [4.69, 9.17) is 4.74 Å². The molecule has 3 rings (SSSR count). The predicted molar refractivity (Wildman–Crippen MR) is 83.4 cm³/mol. The number of hydrogen-bond acceptors (Lipinski definition) is 5. The molecule has 3 heterocycles. The van der Waals surface area contributed by atoms with E-state index in [0.717, 1.165) is 21.6 Å². The maximum absolute atomic E-state index is 5.32. The predicted octanol–water partition coefficient (Wildman–Crippen LogP) is 2.90.